The summed E-state index contributed by atoms with van der Waals surface area (Å²) in [5, 5.41) is 0. The van der Waals surface area contributed by atoms with E-state index in [1.807, 2.05) is 20.8 Å². The first-order valence-corrected chi connectivity index (χ1v) is 8.35. The van der Waals surface area contributed by atoms with Gasteiger partial charge in [-0.05, 0) is 54.9 Å². The van der Waals surface area contributed by atoms with Crippen molar-refractivity contribution < 1.29 is 13.2 Å². The Morgan fingerprint density at radius 2 is 2.00 bits per heavy atom. The highest BCUT2D eigenvalue weighted by Crippen LogP contribution is 2.30. The lowest BCUT2D eigenvalue weighted by Crippen LogP contribution is -2.45. The minimum Gasteiger partial charge on any atom is -0.496 e. The highest BCUT2D eigenvalue weighted by Gasteiger charge is 2.33. The number of methoxy groups -OCH3 is 1. The van der Waals surface area contributed by atoms with Crippen LogP contribution in [0.25, 0.3) is 0 Å². The predicted molar refractivity (Wildman–Crippen MR) is 84.5 cm³/mol. The second-order valence-electron chi connectivity index (χ2n) is 5.29. The third-order valence-electron chi connectivity index (χ3n) is 2.75. The van der Waals surface area contributed by atoms with E-state index in [2.05, 4.69) is 22.5 Å². The summed E-state index contributed by atoms with van der Waals surface area (Å²) in [7, 11) is -2.06. The maximum absolute atomic E-state index is 12.7. The Bertz CT molecular complexity index is 591. The van der Waals surface area contributed by atoms with Gasteiger partial charge in [0, 0.05) is 12.1 Å². The van der Waals surface area contributed by atoms with Crippen LogP contribution in [0.1, 0.15) is 20.8 Å². The molecule has 1 aromatic carbocycles. The smallest absolute Gasteiger partial charge is 0.243 e. The van der Waals surface area contributed by atoms with Crippen molar-refractivity contribution in [1.82, 2.24) is 4.31 Å². The molecule has 112 valence electrons. The Labute approximate surface area is 129 Å². The van der Waals surface area contributed by atoms with Gasteiger partial charge in [0.15, 0.2) is 0 Å². The zero-order valence-electron chi connectivity index (χ0n) is 12.2. The molecule has 0 saturated heterocycles. The molecule has 0 aromatic heterocycles. The molecule has 0 N–H and O–H groups in total. The molecule has 0 unspecified atom stereocenters. The summed E-state index contributed by atoms with van der Waals surface area (Å²) in [5.41, 5.74) is -0.528. The zero-order chi connectivity index (χ0) is 15.6. The molecule has 1 rings (SSSR count). The summed E-state index contributed by atoms with van der Waals surface area (Å²) in [4.78, 5) is 0.224. The summed E-state index contributed by atoms with van der Waals surface area (Å²) in [6.45, 7) is 9.45. The predicted octanol–water partition coefficient (Wildman–Crippen LogP) is 3.43. The van der Waals surface area contributed by atoms with E-state index in [1.165, 1.54) is 11.4 Å². The lowest BCUT2D eigenvalue weighted by molar-refractivity contribution is 0.270. The van der Waals surface area contributed by atoms with E-state index < -0.39 is 15.6 Å². The molecule has 0 spiro atoms. The van der Waals surface area contributed by atoms with Crippen LogP contribution in [-0.4, -0.2) is 31.9 Å². The molecule has 0 heterocycles. The van der Waals surface area contributed by atoms with Crippen molar-refractivity contribution in [3.63, 3.8) is 0 Å². The molecule has 0 atom stereocenters. The Kier molecular flexibility index (Phi) is 5.40. The first-order chi connectivity index (χ1) is 9.14. The molecular formula is C14H20BrNO3S. The molecule has 0 aliphatic rings. The van der Waals surface area contributed by atoms with Crippen molar-refractivity contribution in [3.05, 3.63) is 35.3 Å². The van der Waals surface area contributed by atoms with Crippen molar-refractivity contribution in [2.45, 2.75) is 31.2 Å². The van der Waals surface area contributed by atoms with E-state index in [9.17, 15) is 8.42 Å². The Morgan fingerprint density at radius 3 is 2.40 bits per heavy atom. The summed E-state index contributed by atoms with van der Waals surface area (Å²) in [6.07, 6.45) is 1.58. The Balaban J connectivity index is 3.33. The molecule has 0 fully saturated rings. The molecule has 0 saturated carbocycles. The minimum absolute atomic E-state index is 0.224. The van der Waals surface area contributed by atoms with Gasteiger partial charge in [-0.15, -0.1) is 6.58 Å². The largest absolute Gasteiger partial charge is 0.496 e. The first-order valence-electron chi connectivity index (χ1n) is 6.12. The number of ether oxygens (including phenoxy) is 1. The number of benzene rings is 1. The maximum Gasteiger partial charge on any atom is 0.243 e. The normalized spacial score (nSPS) is 12.5. The fraction of sp³-hybridized carbons (Fsp3) is 0.429. The van der Waals surface area contributed by atoms with Crippen LogP contribution in [0, 0.1) is 0 Å². The van der Waals surface area contributed by atoms with Gasteiger partial charge in [0.1, 0.15) is 5.75 Å². The average Bonchev–Trinajstić information content (AvgIpc) is 2.34. The Hall–Kier alpha value is -0.850. The van der Waals surface area contributed by atoms with Crippen molar-refractivity contribution in [3.8, 4) is 5.75 Å². The first kappa shape index (κ1) is 17.2. The van der Waals surface area contributed by atoms with Gasteiger partial charge in [-0.2, -0.15) is 4.31 Å². The van der Waals surface area contributed by atoms with Gasteiger partial charge in [-0.25, -0.2) is 8.42 Å². The standard InChI is InChI=1S/C14H20BrNO3S/c1-6-9-16(14(2,3)4)20(17,18)11-7-8-13(19-5)12(15)10-11/h6-8,10H,1,9H2,2-5H3. The van der Waals surface area contributed by atoms with E-state index in [4.69, 9.17) is 4.74 Å². The number of sulfonamides is 1. The zero-order valence-corrected chi connectivity index (χ0v) is 14.6. The van der Waals surface area contributed by atoms with Crippen LogP contribution in [0.3, 0.4) is 0 Å². The van der Waals surface area contributed by atoms with E-state index in [1.54, 1.807) is 24.3 Å². The van der Waals surface area contributed by atoms with E-state index in [0.29, 0.717) is 10.2 Å². The van der Waals surface area contributed by atoms with Gasteiger partial charge in [-0.3, -0.25) is 0 Å². The molecule has 0 bridgehead atoms. The summed E-state index contributed by atoms with van der Waals surface area (Å²) >= 11 is 3.31. The number of hydrogen-bond acceptors (Lipinski definition) is 3. The van der Waals surface area contributed by atoms with Gasteiger partial charge >= 0.3 is 0 Å². The van der Waals surface area contributed by atoms with Gasteiger partial charge < -0.3 is 4.74 Å². The fourth-order valence-corrected chi connectivity index (χ4v) is 4.26. The lowest BCUT2D eigenvalue weighted by atomic mass is 10.1. The highest BCUT2D eigenvalue weighted by atomic mass is 79.9. The lowest BCUT2D eigenvalue weighted by Gasteiger charge is -2.33. The summed E-state index contributed by atoms with van der Waals surface area (Å²) in [6, 6.07) is 4.72. The van der Waals surface area contributed by atoms with Crippen LogP contribution in [-0.2, 0) is 10.0 Å². The number of nitrogens with zero attached hydrogens (tertiary/aromatic N) is 1. The highest BCUT2D eigenvalue weighted by molar-refractivity contribution is 9.10. The van der Waals surface area contributed by atoms with E-state index in [-0.39, 0.29) is 11.4 Å². The van der Waals surface area contributed by atoms with Crippen molar-refractivity contribution in [1.29, 1.82) is 0 Å². The van der Waals surface area contributed by atoms with E-state index >= 15 is 0 Å². The van der Waals surface area contributed by atoms with Gasteiger partial charge in [0.2, 0.25) is 10.0 Å². The summed E-state index contributed by atoms with van der Waals surface area (Å²) in [5.74, 6) is 0.593. The fourth-order valence-electron chi connectivity index (χ4n) is 1.78. The van der Waals surface area contributed by atoms with Crippen LogP contribution < -0.4 is 4.74 Å². The quantitative estimate of drug-likeness (QED) is 0.754. The minimum atomic E-state index is -3.59. The molecule has 0 aliphatic heterocycles. The van der Waals surface area contributed by atoms with Crippen LogP contribution in [0.4, 0.5) is 0 Å². The maximum atomic E-state index is 12.7. The number of rotatable bonds is 5. The topological polar surface area (TPSA) is 46.6 Å². The van der Waals surface area contributed by atoms with Crippen molar-refractivity contribution in [2.75, 3.05) is 13.7 Å². The van der Waals surface area contributed by atoms with Gasteiger partial charge in [0.05, 0.1) is 16.5 Å². The monoisotopic (exact) mass is 361 g/mol. The third kappa shape index (κ3) is 3.62. The Morgan fingerprint density at radius 1 is 1.40 bits per heavy atom. The van der Waals surface area contributed by atoms with Crippen molar-refractivity contribution in [2.24, 2.45) is 0 Å². The molecule has 0 aliphatic carbocycles. The van der Waals surface area contributed by atoms with Crippen molar-refractivity contribution >= 4 is 26.0 Å². The third-order valence-corrected chi connectivity index (χ3v) is 5.50. The summed E-state index contributed by atoms with van der Waals surface area (Å²) < 4.78 is 32.6. The second-order valence-corrected chi connectivity index (χ2v) is 8.01. The molecule has 0 amide bonds. The molecule has 0 radical (unpaired) electrons. The van der Waals surface area contributed by atoms with Crippen LogP contribution in [0.5, 0.6) is 5.75 Å². The van der Waals surface area contributed by atoms with E-state index in [0.717, 1.165) is 0 Å². The van der Waals surface area contributed by atoms with Gasteiger partial charge in [0.25, 0.3) is 0 Å². The van der Waals surface area contributed by atoms with Crippen LogP contribution >= 0.6 is 15.9 Å². The molecule has 4 nitrogen and oxygen atoms in total. The molecule has 20 heavy (non-hydrogen) atoms. The SMILES string of the molecule is C=CCN(C(C)(C)C)S(=O)(=O)c1ccc(OC)c(Br)c1. The van der Waals surface area contributed by atoms with Crippen LogP contribution in [0.15, 0.2) is 40.2 Å². The second kappa shape index (κ2) is 6.28. The molecule has 1 aromatic rings. The average molecular weight is 362 g/mol. The number of hydrogen-bond donors (Lipinski definition) is 0. The van der Waals surface area contributed by atoms with Gasteiger partial charge in [-0.1, -0.05) is 6.08 Å². The molecular weight excluding hydrogens is 342 g/mol. The van der Waals surface area contributed by atoms with Crippen LogP contribution in [0.2, 0.25) is 0 Å². The molecule has 6 heteroatoms. The number of halogens is 1.